The number of halogens is 2. The molecule has 1 aromatic carbocycles. The monoisotopic (exact) mass is 411 g/mol. The normalized spacial score (nSPS) is 10.9. The van der Waals surface area contributed by atoms with E-state index in [1.54, 1.807) is 16.0 Å². The van der Waals surface area contributed by atoms with Gasteiger partial charge in [-0.2, -0.15) is 5.10 Å². The second-order valence-corrected chi connectivity index (χ2v) is 7.05. The van der Waals surface area contributed by atoms with Gasteiger partial charge in [0.1, 0.15) is 11.5 Å². The lowest BCUT2D eigenvalue weighted by Gasteiger charge is -2.05. The minimum Gasteiger partial charge on any atom is -0.383 e. The Bertz CT molecular complexity index is 763. The molecule has 0 spiro atoms. The SMILES string of the molecule is Cn1nc(-c2cc(Br)ccc2Br)c(-c2cccs2)c1N. The molecule has 3 aromatic rings. The van der Waals surface area contributed by atoms with Crippen LogP contribution in [0.25, 0.3) is 21.7 Å². The first-order valence-corrected chi connectivity index (χ1v) is 8.36. The quantitative estimate of drug-likeness (QED) is 0.648. The van der Waals surface area contributed by atoms with Crippen LogP contribution in [0.2, 0.25) is 0 Å². The molecule has 0 saturated heterocycles. The number of benzene rings is 1. The Morgan fingerprint density at radius 2 is 2.05 bits per heavy atom. The van der Waals surface area contributed by atoms with Crippen molar-refractivity contribution in [2.24, 2.45) is 7.05 Å². The maximum Gasteiger partial charge on any atom is 0.130 e. The molecule has 2 N–H and O–H groups in total. The molecule has 0 saturated carbocycles. The number of nitrogen functional groups attached to an aromatic ring is 1. The second kappa shape index (κ2) is 5.35. The van der Waals surface area contributed by atoms with Crippen molar-refractivity contribution in [3.63, 3.8) is 0 Å². The van der Waals surface area contributed by atoms with Gasteiger partial charge in [-0.1, -0.05) is 37.9 Å². The first-order valence-electron chi connectivity index (χ1n) is 5.89. The Morgan fingerprint density at radius 1 is 1.25 bits per heavy atom. The highest BCUT2D eigenvalue weighted by Crippen LogP contribution is 2.41. The fourth-order valence-corrected chi connectivity index (χ4v) is 3.64. The standard InChI is InChI=1S/C14H11Br2N3S/c1-19-14(17)12(11-3-2-6-20-11)13(18-19)9-7-8(15)4-5-10(9)16/h2-7H,17H2,1H3. The summed E-state index contributed by atoms with van der Waals surface area (Å²) in [7, 11) is 1.86. The van der Waals surface area contributed by atoms with Crippen molar-refractivity contribution < 1.29 is 0 Å². The predicted octanol–water partition coefficient (Wildman–Crippen LogP) is 4.92. The van der Waals surface area contributed by atoms with Gasteiger partial charge in [-0.3, -0.25) is 4.68 Å². The van der Waals surface area contributed by atoms with E-state index in [9.17, 15) is 0 Å². The molecule has 2 aromatic heterocycles. The second-order valence-electron chi connectivity index (χ2n) is 4.33. The van der Waals surface area contributed by atoms with Gasteiger partial charge in [0, 0.05) is 26.4 Å². The van der Waals surface area contributed by atoms with E-state index >= 15 is 0 Å². The lowest BCUT2D eigenvalue weighted by Crippen LogP contribution is -1.97. The molecule has 0 atom stereocenters. The fraction of sp³-hybridized carbons (Fsp3) is 0.0714. The van der Waals surface area contributed by atoms with Crippen molar-refractivity contribution in [3.05, 3.63) is 44.7 Å². The van der Waals surface area contributed by atoms with Gasteiger partial charge in [0.15, 0.2) is 0 Å². The smallest absolute Gasteiger partial charge is 0.130 e. The summed E-state index contributed by atoms with van der Waals surface area (Å²) in [4.78, 5) is 1.12. The zero-order chi connectivity index (χ0) is 14.3. The van der Waals surface area contributed by atoms with Crippen molar-refractivity contribution in [3.8, 4) is 21.7 Å². The Hall–Kier alpha value is -1.11. The molecule has 0 unspecified atom stereocenters. The van der Waals surface area contributed by atoms with E-state index in [0.717, 1.165) is 30.6 Å². The molecular weight excluding hydrogens is 402 g/mol. The van der Waals surface area contributed by atoms with Crippen LogP contribution in [-0.2, 0) is 7.05 Å². The third-order valence-corrected chi connectivity index (χ3v) is 5.11. The predicted molar refractivity (Wildman–Crippen MR) is 91.8 cm³/mol. The molecule has 0 amide bonds. The fourth-order valence-electron chi connectivity index (χ4n) is 2.07. The number of hydrogen-bond donors (Lipinski definition) is 1. The maximum atomic E-state index is 6.20. The summed E-state index contributed by atoms with van der Waals surface area (Å²) in [6.45, 7) is 0. The van der Waals surface area contributed by atoms with Crippen molar-refractivity contribution in [2.45, 2.75) is 0 Å². The minimum atomic E-state index is 0.675. The number of hydrogen-bond acceptors (Lipinski definition) is 3. The lowest BCUT2D eigenvalue weighted by molar-refractivity contribution is 0.782. The summed E-state index contributed by atoms with van der Waals surface area (Å²) in [6.07, 6.45) is 0. The molecule has 3 rings (SSSR count). The van der Waals surface area contributed by atoms with Gasteiger partial charge in [0.2, 0.25) is 0 Å². The molecule has 0 aliphatic carbocycles. The summed E-state index contributed by atoms with van der Waals surface area (Å²) in [6, 6.07) is 10.1. The van der Waals surface area contributed by atoms with Crippen LogP contribution < -0.4 is 5.73 Å². The number of aromatic nitrogens is 2. The van der Waals surface area contributed by atoms with E-state index in [1.807, 2.05) is 36.7 Å². The molecule has 3 nitrogen and oxygen atoms in total. The van der Waals surface area contributed by atoms with E-state index in [2.05, 4.69) is 43.0 Å². The third kappa shape index (κ3) is 2.32. The highest BCUT2D eigenvalue weighted by molar-refractivity contribution is 9.11. The molecule has 0 fully saturated rings. The maximum absolute atomic E-state index is 6.20. The average Bonchev–Trinajstić information content (AvgIpc) is 3.02. The van der Waals surface area contributed by atoms with Crippen LogP contribution in [0.5, 0.6) is 0 Å². The van der Waals surface area contributed by atoms with Gasteiger partial charge in [-0.05, 0) is 29.6 Å². The summed E-state index contributed by atoms with van der Waals surface area (Å²) >= 11 is 8.76. The largest absolute Gasteiger partial charge is 0.383 e. The van der Waals surface area contributed by atoms with Crippen LogP contribution in [0.1, 0.15) is 0 Å². The van der Waals surface area contributed by atoms with Gasteiger partial charge < -0.3 is 5.73 Å². The molecule has 6 heteroatoms. The zero-order valence-electron chi connectivity index (χ0n) is 10.6. The number of aryl methyl sites for hydroxylation is 1. The summed E-state index contributed by atoms with van der Waals surface area (Å²) in [5.41, 5.74) is 9.10. The third-order valence-electron chi connectivity index (χ3n) is 3.04. The molecule has 102 valence electrons. The minimum absolute atomic E-state index is 0.675. The van der Waals surface area contributed by atoms with Gasteiger partial charge in [0.05, 0.1) is 5.56 Å². The number of rotatable bonds is 2. The van der Waals surface area contributed by atoms with Gasteiger partial charge in [-0.25, -0.2) is 0 Å². The first-order chi connectivity index (χ1) is 9.58. The van der Waals surface area contributed by atoms with Crippen molar-refractivity contribution in [2.75, 3.05) is 5.73 Å². The average molecular weight is 413 g/mol. The van der Waals surface area contributed by atoms with Crippen molar-refractivity contribution in [1.82, 2.24) is 9.78 Å². The Labute approximate surface area is 137 Å². The van der Waals surface area contributed by atoms with E-state index < -0.39 is 0 Å². The number of nitrogens with zero attached hydrogens (tertiary/aromatic N) is 2. The highest BCUT2D eigenvalue weighted by atomic mass is 79.9. The molecule has 20 heavy (non-hydrogen) atoms. The van der Waals surface area contributed by atoms with E-state index in [-0.39, 0.29) is 0 Å². The Morgan fingerprint density at radius 3 is 2.75 bits per heavy atom. The summed E-state index contributed by atoms with van der Waals surface area (Å²) < 4.78 is 3.73. The summed E-state index contributed by atoms with van der Waals surface area (Å²) in [5.74, 6) is 0.675. The van der Waals surface area contributed by atoms with Crippen LogP contribution >= 0.6 is 43.2 Å². The van der Waals surface area contributed by atoms with E-state index in [4.69, 9.17) is 5.73 Å². The van der Waals surface area contributed by atoms with Crippen molar-refractivity contribution in [1.29, 1.82) is 0 Å². The molecule has 0 aliphatic rings. The zero-order valence-corrected chi connectivity index (χ0v) is 14.6. The topological polar surface area (TPSA) is 43.8 Å². The molecule has 0 aliphatic heterocycles. The van der Waals surface area contributed by atoms with Gasteiger partial charge >= 0.3 is 0 Å². The molecule has 0 bridgehead atoms. The van der Waals surface area contributed by atoms with Gasteiger partial charge in [0.25, 0.3) is 0 Å². The van der Waals surface area contributed by atoms with Crippen LogP contribution in [0.15, 0.2) is 44.7 Å². The van der Waals surface area contributed by atoms with Crippen LogP contribution in [-0.4, -0.2) is 9.78 Å². The number of nitrogens with two attached hydrogens (primary N) is 1. The van der Waals surface area contributed by atoms with E-state index in [1.165, 1.54) is 0 Å². The van der Waals surface area contributed by atoms with E-state index in [0.29, 0.717) is 5.82 Å². The Balaban J connectivity index is 2.30. The van der Waals surface area contributed by atoms with Crippen LogP contribution in [0.3, 0.4) is 0 Å². The van der Waals surface area contributed by atoms with Crippen LogP contribution in [0.4, 0.5) is 5.82 Å². The van der Waals surface area contributed by atoms with Crippen molar-refractivity contribution >= 4 is 49.0 Å². The molecular formula is C14H11Br2N3S. The highest BCUT2D eigenvalue weighted by Gasteiger charge is 2.19. The number of anilines is 1. The molecule has 0 radical (unpaired) electrons. The Kier molecular flexibility index (Phi) is 3.70. The first kappa shape index (κ1) is 13.9. The number of thiophene rings is 1. The summed E-state index contributed by atoms with van der Waals surface area (Å²) in [5, 5.41) is 6.63. The van der Waals surface area contributed by atoms with Gasteiger partial charge in [-0.15, -0.1) is 11.3 Å². The molecule has 2 heterocycles. The lowest BCUT2D eigenvalue weighted by atomic mass is 10.1. The van der Waals surface area contributed by atoms with Crippen LogP contribution in [0, 0.1) is 0 Å².